The Balaban J connectivity index is 0.000000139. The number of halogens is 4. The molecule has 1 N–H and O–H groups in total. The van der Waals surface area contributed by atoms with Gasteiger partial charge >= 0.3 is 0 Å². The van der Waals surface area contributed by atoms with Crippen molar-refractivity contribution < 1.29 is 18.4 Å². The van der Waals surface area contributed by atoms with E-state index < -0.39 is 10.8 Å². The van der Waals surface area contributed by atoms with Gasteiger partial charge in [0.15, 0.2) is 0 Å². The highest BCUT2D eigenvalue weighted by molar-refractivity contribution is 9.10. The SMILES string of the molecule is CN1C(=O)C2(CN(c3nn[nH]n3)C2)c2c1cnc1cc(F)c(Br)cc21.[C-]#[N+]N1CC2(C1)C(=O)N(C)c1cnc3cc(F)c(Br)cc3c12. The minimum Gasteiger partial charge on any atom is -0.335 e. The number of H-pyrrole nitrogens is 1. The predicted octanol–water partition coefficient (Wildman–Crippen LogP) is 3.88. The van der Waals surface area contributed by atoms with Crippen LogP contribution in [-0.2, 0) is 20.4 Å². The van der Waals surface area contributed by atoms with E-state index in [1.165, 1.54) is 17.1 Å². The maximum Gasteiger partial charge on any atom is 0.265 e. The van der Waals surface area contributed by atoms with Crippen LogP contribution >= 0.6 is 31.9 Å². The van der Waals surface area contributed by atoms with Crippen molar-refractivity contribution in [3.8, 4) is 0 Å². The average Bonchev–Trinajstić information content (AvgIpc) is 3.68. The predicted molar refractivity (Wildman–Crippen MR) is 174 cm³/mol. The number of hydrogen-bond donors (Lipinski definition) is 1. The number of pyridine rings is 2. The molecule has 47 heavy (non-hydrogen) atoms. The van der Waals surface area contributed by atoms with Crippen LogP contribution in [0.3, 0.4) is 0 Å². The highest BCUT2D eigenvalue weighted by Gasteiger charge is 2.61. The molecule has 0 saturated carbocycles. The second-order valence-electron chi connectivity index (χ2n) is 12.0. The van der Waals surface area contributed by atoms with Gasteiger partial charge in [0.1, 0.15) is 35.6 Å². The average molecular weight is 765 g/mol. The Kier molecular flexibility index (Phi) is 6.35. The lowest BCUT2D eigenvalue weighted by Gasteiger charge is -2.46. The summed E-state index contributed by atoms with van der Waals surface area (Å²) in [6, 6.07) is 6.11. The topological polar surface area (TPSA) is 132 Å². The first-order valence-electron chi connectivity index (χ1n) is 14.2. The van der Waals surface area contributed by atoms with Crippen molar-refractivity contribution in [1.29, 1.82) is 0 Å². The molecule has 2 saturated heterocycles. The van der Waals surface area contributed by atoms with Gasteiger partial charge in [-0.1, -0.05) is 5.10 Å². The molecule has 17 heteroatoms. The van der Waals surface area contributed by atoms with Crippen LogP contribution < -0.4 is 14.7 Å². The molecule has 0 aliphatic carbocycles. The first-order chi connectivity index (χ1) is 22.5. The summed E-state index contributed by atoms with van der Waals surface area (Å²) in [7, 11) is 3.45. The molecule has 7 heterocycles. The van der Waals surface area contributed by atoms with E-state index in [-0.39, 0.29) is 23.4 Å². The van der Waals surface area contributed by atoms with Gasteiger partial charge in [0.25, 0.3) is 5.95 Å². The maximum absolute atomic E-state index is 13.9. The molecular formula is C30H21Br2F2N11O2. The smallest absolute Gasteiger partial charge is 0.265 e. The Morgan fingerprint density at radius 1 is 0.830 bits per heavy atom. The van der Waals surface area contributed by atoms with Gasteiger partial charge in [-0.05, 0) is 49.2 Å². The zero-order valence-corrected chi connectivity index (χ0v) is 27.8. The van der Waals surface area contributed by atoms with Crippen LogP contribution in [0.4, 0.5) is 26.1 Å². The summed E-state index contributed by atoms with van der Waals surface area (Å²) in [6.45, 7) is 8.70. The third-order valence-corrected chi connectivity index (χ3v) is 10.7. The van der Waals surface area contributed by atoms with Crippen LogP contribution in [0.15, 0.2) is 45.6 Å². The molecule has 2 amide bonds. The number of benzene rings is 2. The van der Waals surface area contributed by atoms with Gasteiger partial charge < -0.3 is 14.7 Å². The molecule has 0 unspecified atom stereocenters. The fourth-order valence-corrected chi connectivity index (χ4v) is 7.90. The number of nitrogens with one attached hydrogen (secondary N) is 1. The monoisotopic (exact) mass is 763 g/mol. The zero-order chi connectivity index (χ0) is 33.0. The molecule has 3 aromatic heterocycles. The van der Waals surface area contributed by atoms with Crippen molar-refractivity contribution in [2.75, 3.05) is 55.0 Å². The molecule has 9 rings (SSSR count). The molecule has 4 aliphatic rings. The third kappa shape index (κ3) is 3.97. The zero-order valence-electron chi connectivity index (χ0n) is 24.6. The molecule has 2 fully saturated rings. The second kappa shape index (κ2) is 10.1. The minimum atomic E-state index is -0.715. The van der Waals surface area contributed by atoms with E-state index in [1.807, 2.05) is 4.90 Å². The van der Waals surface area contributed by atoms with E-state index in [9.17, 15) is 18.4 Å². The largest absolute Gasteiger partial charge is 0.335 e. The number of aromatic nitrogens is 6. The van der Waals surface area contributed by atoms with Gasteiger partial charge in [0.2, 0.25) is 11.8 Å². The Morgan fingerprint density at radius 2 is 1.32 bits per heavy atom. The Morgan fingerprint density at radius 3 is 1.77 bits per heavy atom. The lowest BCUT2D eigenvalue weighted by molar-refractivity contribution is -0.127. The van der Waals surface area contributed by atoms with Crippen LogP contribution in [0, 0.1) is 18.2 Å². The molecule has 0 radical (unpaired) electrons. The number of hydrogen-bond acceptors (Lipinski definition) is 9. The van der Waals surface area contributed by atoms with Crippen molar-refractivity contribution in [1.82, 2.24) is 35.6 Å². The lowest BCUT2D eigenvalue weighted by Crippen LogP contribution is -2.64. The summed E-state index contributed by atoms with van der Waals surface area (Å²) in [5, 5.41) is 17.0. The number of fused-ring (bicyclic) bond motifs is 8. The number of aromatic amines is 1. The number of carbonyl (C=O) groups excluding carboxylic acids is 2. The van der Waals surface area contributed by atoms with E-state index >= 15 is 0 Å². The highest BCUT2D eigenvalue weighted by Crippen LogP contribution is 2.51. The Hall–Kier alpha value is -4.82. The summed E-state index contributed by atoms with van der Waals surface area (Å²) in [5.41, 5.74) is 2.85. The molecule has 0 bridgehead atoms. The summed E-state index contributed by atoms with van der Waals surface area (Å²) in [6.07, 6.45) is 3.24. The number of rotatable bonds is 1. The van der Waals surface area contributed by atoms with Crippen molar-refractivity contribution in [3.05, 3.63) is 79.9 Å². The van der Waals surface area contributed by atoms with Crippen molar-refractivity contribution in [2.45, 2.75) is 10.8 Å². The standard InChI is InChI=1S/C15H11BrFN7O.C15H10BrFN4O/c1-23-11-4-18-10-3-9(17)8(16)2-7(10)12(11)15(13(23)25)5-24(6-15)14-19-21-22-20-14;1-18-21-6-15(7-21)13-8-3-9(16)10(17)4-11(8)19-5-12(13)20(2)14(15)22/h2-4H,5-6H2,1H3,(H,19,20,21,22);3-5H,6-7H2,2H3. The molecule has 4 aliphatic heterocycles. The number of amides is 2. The molecule has 5 aromatic rings. The van der Waals surface area contributed by atoms with Crippen LogP contribution in [0.25, 0.3) is 26.8 Å². The fourth-order valence-electron chi connectivity index (χ4n) is 7.21. The number of carbonyl (C=O) groups is 2. The normalized spacial score (nSPS) is 18.3. The molecule has 2 aromatic carbocycles. The third-order valence-electron chi connectivity index (χ3n) is 9.47. The van der Waals surface area contributed by atoms with Crippen LogP contribution in [0.2, 0.25) is 0 Å². The van der Waals surface area contributed by atoms with Crippen molar-refractivity contribution >= 4 is 82.8 Å². The van der Waals surface area contributed by atoms with E-state index in [2.05, 4.69) is 67.4 Å². The Labute approximate surface area is 281 Å². The number of anilines is 3. The minimum absolute atomic E-state index is 0.00278. The summed E-state index contributed by atoms with van der Waals surface area (Å²) >= 11 is 6.43. The van der Waals surface area contributed by atoms with Gasteiger partial charge in [0, 0.05) is 61.2 Å². The fraction of sp³-hybridized carbons (Fsp3) is 0.267. The van der Waals surface area contributed by atoms with Crippen LogP contribution in [0.1, 0.15) is 11.1 Å². The summed E-state index contributed by atoms with van der Waals surface area (Å²) in [5.74, 6) is -0.342. The van der Waals surface area contributed by atoms with Crippen molar-refractivity contribution in [2.24, 2.45) is 0 Å². The molecular weight excluding hydrogens is 744 g/mol. The van der Waals surface area contributed by atoms with E-state index in [1.54, 1.807) is 48.4 Å². The summed E-state index contributed by atoms with van der Waals surface area (Å²) in [4.78, 5) is 42.8. The lowest BCUT2D eigenvalue weighted by atomic mass is 9.73. The molecule has 0 atom stereocenters. The number of likely N-dealkylation sites (N-methyl/N-ethyl adjacent to an activating group) is 2. The van der Waals surface area contributed by atoms with Crippen LogP contribution in [0.5, 0.6) is 0 Å². The maximum atomic E-state index is 13.9. The van der Waals surface area contributed by atoms with Gasteiger partial charge in [-0.15, -0.1) is 10.1 Å². The first kappa shape index (κ1) is 29.6. The van der Waals surface area contributed by atoms with E-state index in [4.69, 9.17) is 6.57 Å². The summed E-state index contributed by atoms with van der Waals surface area (Å²) < 4.78 is 28.3. The molecule has 2 spiro atoms. The molecule has 236 valence electrons. The number of tetrazole rings is 1. The van der Waals surface area contributed by atoms with Gasteiger partial charge in [0.05, 0.1) is 43.7 Å². The van der Waals surface area contributed by atoms with Crippen molar-refractivity contribution in [3.63, 3.8) is 0 Å². The quantitative estimate of drug-likeness (QED) is 0.253. The Bertz CT molecular complexity index is 2230. The first-order valence-corrected chi connectivity index (χ1v) is 15.8. The molecule has 13 nitrogen and oxygen atoms in total. The van der Waals surface area contributed by atoms with E-state index in [0.29, 0.717) is 52.1 Å². The van der Waals surface area contributed by atoms with Gasteiger partial charge in [-0.3, -0.25) is 19.6 Å². The second-order valence-corrected chi connectivity index (χ2v) is 13.7. The van der Waals surface area contributed by atoms with Crippen LogP contribution in [-0.4, -0.2) is 87.7 Å². The van der Waals surface area contributed by atoms with E-state index in [0.717, 1.165) is 33.3 Å². The van der Waals surface area contributed by atoms with Gasteiger partial charge in [-0.25, -0.2) is 8.78 Å². The number of nitrogens with zero attached hydrogens (tertiary/aromatic N) is 10. The van der Waals surface area contributed by atoms with Gasteiger partial charge in [-0.2, -0.15) is 16.7 Å². The highest BCUT2D eigenvalue weighted by atomic mass is 79.9.